The number of hydrogen-bond acceptors (Lipinski definition) is 2. The molecule has 2 fully saturated rings. The molecule has 1 aromatic rings. The summed E-state index contributed by atoms with van der Waals surface area (Å²) in [6.07, 6.45) is 5.50. The van der Waals surface area contributed by atoms with E-state index in [1.807, 2.05) is 0 Å². The number of hydrogen-bond donors (Lipinski definition) is 2. The quantitative estimate of drug-likeness (QED) is 0.890. The van der Waals surface area contributed by atoms with E-state index in [-0.39, 0.29) is 11.9 Å². The van der Waals surface area contributed by atoms with E-state index in [2.05, 4.69) is 50.8 Å². The number of carbonyl (C=O) groups is 1. The molecule has 1 saturated heterocycles. The molecule has 1 heterocycles. The lowest BCUT2D eigenvalue weighted by Crippen LogP contribution is -2.51. The van der Waals surface area contributed by atoms with Crippen molar-refractivity contribution in [2.24, 2.45) is 0 Å². The van der Waals surface area contributed by atoms with Crippen LogP contribution in [0.5, 0.6) is 0 Å². The number of rotatable bonds is 3. The monoisotopic (exact) mass is 336 g/mol. The molecule has 1 aliphatic carbocycles. The Morgan fingerprint density at radius 1 is 1.25 bits per heavy atom. The lowest BCUT2D eigenvalue weighted by atomic mass is 9.75. The van der Waals surface area contributed by atoms with Crippen LogP contribution in [0.1, 0.15) is 43.6 Å². The van der Waals surface area contributed by atoms with Gasteiger partial charge in [0.15, 0.2) is 0 Å². The van der Waals surface area contributed by atoms with E-state index in [0.717, 1.165) is 43.1 Å². The van der Waals surface area contributed by atoms with E-state index < -0.39 is 0 Å². The summed E-state index contributed by atoms with van der Waals surface area (Å²) in [4.78, 5) is 11.9. The van der Waals surface area contributed by atoms with Gasteiger partial charge >= 0.3 is 0 Å². The molecule has 3 rings (SSSR count). The maximum atomic E-state index is 11.9. The lowest BCUT2D eigenvalue weighted by molar-refractivity contribution is -0.123. The first kappa shape index (κ1) is 14.1. The zero-order chi connectivity index (χ0) is 13.9. The highest BCUT2D eigenvalue weighted by Crippen LogP contribution is 2.38. The van der Waals surface area contributed by atoms with Crippen molar-refractivity contribution in [2.45, 2.75) is 50.1 Å². The molecule has 4 heteroatoms. The molecule has 1 saturated carbocycles. The summed E-state index contributed by atoms with van der Waals surface area (Å²) in [5.74, 6) is 0.826. The van der Waals surface area contributed by atoms with Gasteiger partial charge in [-0.2, -0.15) is 0 Å². The summed E-state index contributed by atoms with van der Waals surface area (Å²) in [6, 6.07) is 9.08. The Kier molecular flexibility index (Phi) is 4.41. The van der Waals surface area contributed by atoms with Crippen LogP contribution >= 0.6 is 15.9 Å². The molecule has 1 aliphatic heterocycles. The molecular weight excluding hydrogens is 316 g/mol. The van der Waals surface area contributed by atoms with Gasteiger partial charge in [0.2, 0.25) is 5.91 Å². The molecule has 1 atom stereocenters. The summed E-state index contributed by atoms with van der Waals surface area (Å²) < 4.78 is 1.15. The Balaban J connectivity index is 1.51. The predicted octanol–water partition coefficient (Wildman–Crippen LogP) is 2.95. The highest BCUT2D eigenvalue weighted by molar-refractivity contribution is 9.10. The third kappa shape index (κ3) is 3.23. The molecule has 2 aliphatic rings. The molecule has 1 amide bonds. The Bertz CT molecular complexity index is 485. The number of nitrogens with one attached hydrogen (secondary N) is 2. The van der Waals surface area contributed by atoms with Gasteiger partial charge in [0.25, 0.3) is 0 Å². The normalized spacial score (nSPS) is 30.2. The van der Waals surface area contributed by atoms with Crippen LogP contribution in [0, 0.1) is 0 Å². The SMILES string of the molecule is O=C1NCCCCC1NC1CC(c2cccc(Br)c2)C1. The summed E-state index contributed by atoms with van der Waals surface area (Å²) in [6.45, 7) is 0.836. The molecule has 1 aromatic carbocycles. The van der Waals surface area contributed by atoms with E-state index in [0.29, 0.717) is 12.0 Å². The van der Waals surface area contributed by atoms with Crippen molar-refractivity contribution in [1.29, 1.82) is 0 Å². The van der Waals surface area contributed by atoms with Crippen molar-refractivity contribution in [3.63, 3.8) is 0 Å². The first-order valence-corrected chi connectivity index (χ1v) is 8.31. The number of carbonyl (C=O) groups excluding carboxylic acids is 1. The molecule has 3 nitrogen and oxygen atoms in total. The topological polar surface area (TPSA) is 41.1 Å². The van der Waals surface area contributed by atoms with Crippen molar-refractivity contribution in [2.75, 3.05) is 6.54 Å². The number of amides is 1. The minimum absolute atomic E-state index is 0.0194. The highest BCUT2D eigenvalue weighted by Gasteiger charge is 2.33. The van der Waals surface area contributed by atoms with E-state index in [4.69, 9.17) is 0 Å². The van der Waals surface area contributed by atoms with Crippen molar-refractivity contribution in [3.05, 3.63) is 34.3 Å². The lowest BCUT2D eigenvalue weighted by Gasteiger charge is -2.38. The van der Waals surface area contributed by atoms with E-state index in [9.17, 15) is 4.79 Å². The minimum Gasteiger partial charge on any atom is -0.355 e. The molecule has 0 bridgehead atoms. The van der Waals surface area contributed by atoms with Gasteiger partial charge in [-0.05, 0) is 55.7 Å². The second kappa shape index (κ2) is 6.27. The van der Waals surface area contributed by atoms with Gasteiger partial charge in [-0.3, -0.25) is 4.79 Å². The van der Waals surface area contributed by atoms with Crippen molar-refractivity contribution in [3.8, 4) is 0 Å². The smallest absolute Gasteiger partial charge is 0.237 e. The van der Waals surface area contributed by atoms with Crippen LogP contribution in [0.3, 0.4) is 0 Å². The van der Waals surface area contributed by atoms with Crippen molar-refractivity contribution in [1.82, 2.24) is 10.6 Å². The Labute approximate surface area is 128 Å². The number of benzene rings is 1. The fourth-order valence-corrected chi connectivity index (χ4v) is 3.59. The van der Waals surface area contributed by atoms with Crippen LogP contribution in [0.4, 0.5) is 0 Å². The third-order valence-corrected chi connectivity index (χ3v) is 4.92. The highest BCUT2D eigenvalue weighted by atomic mass is 79.9. The van der Waals surface area contributed by atoms with E-state index >= 15 is 0 Å². The third-order valence-electron chi connectivity index (χ3n) is 4.43. The largest absolute Gasteiger partial charge is 0.355 e. The summed E-state index contributed by atoms with van der Waals surface area (Å²) in [5, 5.41) is 6.53. The van der Waals surface area contributed by atoms with Gasteiger partial charge in [0.05, 0.1) is 6.04 Å². The Morgan fingerprint density at radius 2 is 2.10 bits per heavy atom. The Hall–Kier alpha value is -0.870. The molecule has 1 unspecified atom stereocenters. The van der Waals surface area contributed by atoms with Gasteiger partial charge < -0.3 is 10.6 Å². The fraction of sp³-hybridized carbons (Fsp3) is 0.562. The van der Waals surface area contributed by atoms with Gasteiger partial charge in [-0.15, -0.1) is 0 Å². The van der Waals surface area contributed by atoms with E-state index in [1.54, 1.807) is 0 Å². The van der Waals surface area contributed by atoms with Crippen LogP contribution in [0.25, 0.3) is 0 Å². The molecule has 0 aromatic heterocycles. The second-order valence-corrected chi connectivity index (χ2v) is 6.84. The number of halogens is 1. The molecule has 108 valence electrons. The summed E-state index contributed by atoms with van der Waals surface area (Å²) in [5.41, 5.74) is 1.41. The molecule has 2 N–H and O–H groups in total. The van der Waals surface area contributed by atoms with E-state index in [1.165, 1.54) is 5.56 Å². The Morgan fingerprint density at radius 3 is 2.90 bits per heavy atom. The summed E-state index contributed by atoms with van der Waals surface area (Å²) in [7, 11) is 0. The van der Waals surface area contributed by atoms with Crippen LogP contribution in [-0.2, 0) is 4.79 Å². The summed E-state index contributed by atoms with van der Waals surface area (Å²) >= 11 is 3.53. The molecule has 0 spiro atoms. The molecule has 20 heavy (non-hydrogen) atoms. The van der Waals surface area contributed by atoms with Crippen LogP contribution < -0.4 is 10.6 Å². The van der Waals surface area contributed by atoms with Crippen molar-refractivity contribution >= 4 is 21.8 Å². The zero-order valence-electron chi connectivity index (χ0n) is 11.6. The maximum absolute atomic E-state index is 11.9. The molecule has 0 radical (unpaired) electrons. The maximum Gasteiger partial charge on any atom is 0.237 e. The van der Waals surface area contributed by atoms with Crippen LogP contribution in [0.15, 0.2) is 28.7 Å². The van der Waals surface area contributed by atoms with Crippen LogP contribution in [0.2, 0.25) is 0 Å². The minimum atomic E-state index is 0.0194. The standard InChI is InChI=1S/C16H21BrN2O/c17-13-5-3-4-11(8-13)12-9-14(10-12)19-15-6-1-2-7-18-16(15)20/h3-5,8,12,14-15,19H,1-2,6-7,9-10H2,(H,18,20). The predicted molar refractivity (Wildman–Crippen MR) is 83.7 cm³/mol. The van der Waals surface area contributed by atoms with Gasteiger partial charge in [0.1, 0.15) is 0 Å². The zero-order valence-corrected chi connectivity index (χ0v) is 13.2. The average Bonchev–Trinajstić information content (AvgIpc) is 2.58. The fourth-order valence-electron chi connectivity index (χ4n) is 3.17. The second-order valence-electron chi connectivity index (χ2n) is 5.93. The van der Waals surface area contributed by atoms with Gasteiger partial charge in [0, 0.05) is 17.1 Å². The first-order valence-electron chi connectivity index (χ1n) is 7.51. The van der Waals surface area contributed by atoms with Gasteiger partial charge in [-0.1, -0.05) is 28.1 Å². The average molecular weight is 337 g/mol. The van der Waals surface area contributed by atoms with Crippen molar-refractivity contribution < 1.29 is 4.79 Å². The van der Waals surface area contributed by atoms with Gasteiger partial charge in [-0.25, -0.2) is 0 Å². The first-order chi connectivity index (χ1) is 9.72. The molecular formula is C16H21BrN2O. The van der Waals surface area contributed by atoms with Crippen LogP contribution in [-0.4, -0.2) is 24.5 Å².